The minimum atomic E-state index is -2.95. The van der Waals surface area contributed by atoms with Crippen molar-refractivity contribution < 1.29 is 22.7 Å². The smallest absolute Gasteiger partial charge is 0.409 e. The molecule has 3 aromatic rings. The summed E-state index contributed by atoms with van der Waals surface area (Å²) in [6, 6.07) is 8.07. The van der Waals surface area contributed by atoms with Gasteiger partial charge in [0.2, 0.25) is 0 Å². The number of hydrogen-bond acceptors (Lipinski definition) is 7. The van der Waals surface area contributed by atoms with Crippen LogP contribution in [0.3, 0.4) is 0 Å². The minimum Gasteiger partial charge on any atom is -0.409 e. The van der Waals surface area contributed by atoms with Crippen LogP contribution >= 0.6 is 0 Å². The van der Waals surface area contributed by atoms with E-state index in [-0.39, 0.29) is 28.7 Å². The summed E-state index contributed by atoms with van der Waals surface area (Å²) in [5.74, 6) is -0.286. The molecule has 0 saturated carbocycles. The molecule has 1 N–H and O–H groups in total. The number of alkyl halides is 2. The lowest BCUT2D eigenvalue weighted by Crippen LogP contribution is -2.53. The van der Waals surface area contributed by atoms with Gasteiger partial charge in [0.15, 0.2) is 5.75 Å². The Morgan fingerprint density at radius 1 is 1.24 bits per heavy atom. The highest BCUT2D eigenvalue weighted by atomic mass is 19.3. The normalized spacial score (nSPS) is 17.1. The van der Waals surface area contributed by atoms with Gasteiger partial charge in [-0.3, -0.25) is 0 Å². The van der Waals surface area contributed by atoms with Crippen LogP contribution in [0.2, 0.25) is 0 Å². The van der Waals surface area contributed by atoms with Crippen molar-refractivity contribution in [2.75, 3.05) is 32.0 Å². The Labute approximate surface area is 212 Å². The molecule has 1 amide bonds. The van der Waals surface area contributed by atoms with Gasteiger partial charge in [0, 0.05) is 36.6 Å². The number of nitrogens with one attached hydrogen (secondary N) is 1. The van der Waals surface area contributed by atoms with Crippen LogP contribution < -0.4 is 10.1 Å². The second kappa shape index (κ2) is 10.6. The molecule has 2 atom stereocenters. The van der Waals surface area contributed by atoms with Crippen LogP contribution in [-0.2, 0) is 0 Å². The number of carbonyl (C=O) groups excluding carboxylic acids is 1. The second-order valence-corrected chi connectivity index (χ2v) is 9.19. The molecule has 0 bridgehead atoms. The fourth-order valence-electron chi connectivity index (χ4n) is 4.47. The van der Waals surface area contributed by atoms with E-state index < -0.39 is 29.9 Å². The van der Waals surface area contributed by atoms with Gasteiger partial charge in [-0.1, -0.05) is 18.2 Å². The van der Waals surface area contributed by atoms with E-state index in [4.69, 9.17) is 4.74 Å². The van der Waals surface area contributed by atoms with E-state index in [9.17, 15) is 23.2 Å². The summed E-state index contributed by atoms with van der Waals surface area (Å²) in [5.41, 5.74) is -0.101. The molecule has 1 fully saturated rings. The Kier molecular flexibility index (Phi) is 7.50. The molecule has 1 aliphatic rings. The summed E-state index contributed by atoms with van der Waals surface area (Å²) >= 11 is 0. The molecule has 1 aliphatic heterocycles. The highest BCUT2D eigenvalue weighted by Gasteiger charge is 2.28. The monoisotopic (exact) mass is 512 g/mol. The molecule has 4 rings (SSSR count). The zero-order chi connectivity index (χ0) is 26.9. The summed E-state index contributed by atoms with van der Waals surface area (Å²) in [6.07, 6.45) is -3.52. The van der Waals surface area contributed by atoms with Crippen LogP contribution in [0, 0.1) is 24.1 Å². The van der Waals surface area contributed by atoms with Crippen LogP contribution in [0.5, 0.6) is 5.75 Å². The van der Waals surface area contributed by atoms with E-state index in [1.165, 1.54) is 24.3 Å². The summed E-state index contributed by atoms with van der Waals surface area (Å²) in [5, 5.41) is 13.2. The number of rotatable bonds is 5. The van der Waals surface area contributed by atoms with E-state index in [1.54, 1.807) is 18.7 Å². The predicted octanol–water partition coefficient (Wildman–Crippen LogP) is 5.19. The number of anilines is 1. The van der Waals surface area contributed by atoms with Gasteiger partial charge in [0.05, 0.1) is 22.7 Å². The number of piperazine rings is 1. The van der Waals surface area contributed by atoms with Crippen LogP contribution in [0.4, 0.5) is 23.8 Å². The molecule has 1 saturated heterocycles. The lowest BCUT2D eigenvalue weighted by Gasteiger charge is -2.37. The summed E-state index contributed by atoms with van der Waals surface area (Å²) in [6.45, 7) is 7.08. The third kappa shape index (κ3) is 5.44. The lowest BCUT2D eigenvalue weighted by atomic mass is 10.0. The van der Waals surface area contributed by atoms with Gasteiger partial charge in [-0.05, 0) is 40.0 Å². The van der Waals surface area contributed by atoms with Gasteiger partial charge in [-0.25, -0.2) is 27.9 Å². The first-order chi connectivity index (χ1) is 17.6. The quantitative estimate of drug-likeness (QED) is 0.503. The number of halogens is 3. The first-order valence-corrected chi connectivity index (χ1v) is 11.8. The van der Waals surface area contributed by atoms with Gasteiger partial charge in [0.1, 0.15) is 23.5 Å². The van der Waals surface area contributed by atoms with Gasteiger partial charge in [-0.2, -0.15) is 5.26 Å². The number of ether oxygens (including phenoxy) is 1. The van der Waals surface area contributed by atoms with Crippen molar-refractivity contribution in [1.29, 1.82) is 5.26 Å². The van der Waals surface area contributed by atoms with Gasteiger partial charge >= 0.3 is 6.09 Å². The fourth-order valence-corrected chi connectivity index (χ4v) is 4.47. The van der Waals surface area contributed by atoms with Crippen molar-refractivity contribution >= 4 is 22.8 Å². The fraction of sp³-hybridized carbons (Fsp3) is 0.385. The number of nitriles is 1. The zero-order valence-corrected chi connectivity index (χ0v) is 20.9. The summed E-state index contributed by atoms with van der Waals surface area (Å²) < 4.78 is 46.8. The highest BCUT2D eigenvalue weighted by Crippen LogP contribution is 2.33. The third-order valence-electron chi connectivity index (χ3n) is 6.40. The molecule has 0 radical (unpaired) electrons. The number of benzene rings is 2. The van der Waals surface area contributed by atoms with Crippen LogP contribution in [0.15, 0.2) is 30.3 Å². The Morgan fingerprint density at radius 3 is 2.65 bits per heavy atom. The third-order valence-corrected chi connectivity index (χ3v) is 6.40. The Bertz CT molecular complexity index is 1380. The maximum Gasteiger partial charge on any atom is 0.415 e. The lowest BCUT2D eigenvalue weighted by molar-refractivity contribution is 0.0892. The topological polar surface area (TPSA) is 94.4 Å². The molecule has 194 valence electrons. The number of likely N-dealkylation sites (N-methyl/N-ethyl adjacent to an activating group) is 1. The molecule has 2 heterocycles. The predicted molar refractivity (Wildman–Crippen MR) is 132 cm³/mol. The largest absolute Gasteiger partial charge is 0.415 e. The van der Waals surface area contributed by atoms with Crippen molar-refractivity contribution in [3.8, 4) is 11.8 Å². The number of nitrogens with zero attached hydrogens (tertiary/aromatic N) is 5. The van der Waals surface area contributed by atoms with Crippen molar-refractivity contribution in [3.63, 3.8) is 0 Å². The van der Waals surface area contributed by atoms with Crippen molar-refractivity contribution in [1.82, 2.24) is 19.8 Å². The Hall–Kier alpha value is -3.91. The molecule has 2 unspecified atom stereocenters. The number of carbonyl (C=O) groups is 1. The molecule has 0 spiro atoms. The van der Waals surface area contributed by atoms with Crippen molar-refractivity contribution in [2.45, 2.75) is 39.3 Å². The van der Waals surface area contributed by atoms with Crippen molar-refractivity contribution in [2.24, 2.45) is 0 Å². The SMILES string of the molecule is Cc1nc(NC(C)c2cccc(C(F)F)c2F)c2cc(OC(=O)N3CCN(C)CC3C)c(C#N)cc2n1. The van der Waals surface area contributed by atoms with Crippen LogP contribution in [0.25, 0.3) is 10.9 Å². The maximum atomic E-state index is 14.8. The number of aryl methyl sites for hydroxylation is 1. The first-order valence-electron chi connectivity index (χ1n) is 11.8. The number of hydrogen-bond donors (Lipinski definition) is 1. The second-order valence-electron chi connectivity index (χ2n) is 9.19. The summed E-state index contributed by atoms with van der Waals surface area (Å²) in [4.78, 5) is 25.5. The molecular weight excluding hydrogens is 485 g/mol. The average molecular weight is 513 g/mol. The number of amides is 1. The van der Waals surface area contributed by atoms with Crippen LogP contribution in [0.1, 0.15) is 48.8 Å². The number of aromatic nitrogens is 2. The minimum absolute atomic E-state index is 0.0418. The summed E-state index contributed by atoms with van der Waals surface area (Å²) in [7, 11) is 1.98. The maximum absolute atomic E-state index is 14.8. The van der Waals surface area contributed by atoms with E-state index in [0.717, 1.165) is 6.07 Å². The van der Waals surface area contributed by atoms with E-state index in [1.807, 2.05) is 20.0 Å². The van der Waals surface area contributed by atoms with E-state index in [2.05, 4.69) is 20.2 Å². The molecule has 0 aliphatic carbocycles. The molecule has 1 aromatic heterocycles. The highest BCUT2D eigenvalue weighted by molar-refractivity contribution is 5.92. The molecule has 11 heteroatoms. The first kappa shape index (κ1) is 26.2. The molecule has 37 heavy (non-hydrogen) atoms. The zero-order valence-electron chi connectivity index (χ0n) is 20.9. The van der Waals surface area contributed by atoms with Crippen molar-refractivity contribution in [3.05, 3.63) is 58.7 Å². The Morgan fingerprint density at radius 2 is 1.97 bits per heavy atom. The Balaban J connectivity index is 1.69. The van der Waals surface area contributed by atoms with E-state index >= 15 is 0 Å². The molecule has 2 aromatic carbocycles. The van der Waals surface area contributed by atoms with Gasteiger partial charge < -0.3 is 19.9 Å². The van der Waals surface area contributed by atoms with Gasteiger partial charge in [0.25, 0.3) is 6.43 Å². The van der Waals surface area contributed by atoms with Gasteiger partial charge in [-0.15, -0.1) is 0 Å². The standard InChI is InChI=1S/C26H27F3N6O2/c1-14-13-34(4)8-9-35(14)26(36)37-22-11-20-21(10-17(22)12-30)32-16(3)33-25(20)31-15(2)18-6-5-7-19(23(18)27)24(28)29/h5-7,10-11,14-15,24H,8-9,13H2,1-4H3,(H,31,32,33). The molecular formula is C26H27F3N6O2. The van der Waals surface area contributed by atoms with Crippen LogP contribution in [-0.4, -0.2) is 58.6 Å². The van der Waals surface area contributed by atoms with E-state index in [0.29, 0.717) is 36.4 Å². The number of fused-ring (bicyclic) bond motifs is 1. The average Bonchev–Trinajstić information content (AvgIpc) is 2.83. The molecule has 8 nitrogen and oxygen atoms in total.